The van der Waals surface area contributed by atoms with Gasteiger partial charge in [0.2, 0.25) is 10.0 Å². The smallest absolute Gasteiger partial charge is 0.249 e. The van der Waals surface area contributed by atoms with Crippen molar-refractivity contribution in [3.05, 3.63) is 23.9 Å². The molecule has 0 fully saturated rings. The van der Waals surface area contributed by atoms with Crippen molar-refractivity contribution >= 4 is 21.8 Å². The monoisotopic (exact) mass is 286 g/mol. The van der Waals surface area contributed by atoms with Gasteiger partial charge in [0, 0.05) is 11.9 Å². The van der Waals surface area contributed by atoms with Crippen molar-refractivity contribution < 1.29 is 21.6 Å². The minimum atomic E-state index is -4.42. The van der Waals surface area contributed by atoms with Crippen molar-refractivity contribution in [2.45, 2.75) is 11.2 Å². The Bertz CT molecular complexity index is 471. The normalized spacial score (nSPS) is 12.7. The van der Waals surface area contributed by atoms with Crippen LogP contribution in [0.15, 0.2) is 23.4 Å². The average molecular weight is 286 g/mol. The molecule has 1 heterocycles. The molecule has 9 heteroatoms. The van der Waals surface area contributed by atoms with E-state index in [-0.39, 0.29) is 11.5 Å². The van der Waals surface area contributed by atoms with E-state index in [9.17, 15) is 21.6 Å². The van der Waals surface area contributed by atoms with Crippen LogP contribution in [0.25, 0.3) is 0 Å². The van der Waals surface area contributed by atoms with Gasteiger partial charge < -0.3 is 0 Å². The molecule has 0 radical (unpaired) electrons. The summed E-state index contributed by atoms with van der Waals surface area (Å²) >= 11 is 1.03. The van der Waals surface area contributed by atoms with Crippen LogP contribution in [0, 0.1) is 0 Å². The number of thioether (sulfide) groups is 1. The van der Waals surface area contributed by atoms with Crippen LogP contribution in [-0.2, 0) is 16.2 Å². The van der Waals surface area contributed by atoms with E-state index in [2.05, 4.69) is 4.98 Å². The summed E-state index contributed by atoms with van der Waals surface area (Å²) in [6.07, 6.45) is -3.71. The van der Waals surface area contributed by atoms with Crippen LogP contribution < -0.4 is 5.14 Å². The SMILES string of the molecule is NS(=O)(=O)CCSc1ccc(C(F)(F)F)cn1. The van der Waals surface area contributed by atoms with Crippen LogP contribution in [0.2, 0.25) is 0 Å². The molecule has 0 unspecified atom stereocenters. The molecule has 1 rings (SSSR count). The van der Waals surface area contributed by atoms with E-state index in [4.69, 9.17) is 5.14 Å². The first-order valence-electron chi connectivity index (χ1n) is 4.35. The van der Waals surface area contributed by atoms with E-state index in [1.807, 2.05) is 0 Å². The maximum absolute atomic E-state index is 12.2. The molecule has 4 nitrogen and oxygen atoms in total. The molecular weight excluding hydrogens is 277 g/mol. The molecule has 1 aromatic heterocycles. The summed E-state index contributed by atoms with van der Waals surface area (Å²) < 4.78 is 57.8. The maximum atomic E-state index is 12.2. The van der Waals surface area contributed by atoms with E-state index in [1.54, 1.807) is 0 Å². The highest BCUT2D eigenvalue weighted by atomic mass is 32.2. The van der Waals surface area contributed by atoms with Gasteiger partial charge in [-0.2, -0.15) is 13.2 Å². The highest BCUT2D eigenvalue weighted by Gasteiger charge is 2.30. The van der Waals surface area contributed by atoms with E-state index < -0.39 is 21.8 Å². The van der Waals surface area contributed by atoms with E-state index >= 15 is 0 Å². The number of nitrogens with zero attached hydrogens (tertiary/aromatic N) is 1. The van der Waals surface area contributed by atoms with Gasteiger partial charge >= 0.3 is 6.18 Å². The quantitative estimate of drug-likeness (QED) is 0.851. The zero-order valence-electron chi connectivity index (χ0n) is 8.44. The van der Waals surface area contributed by atoms with Gasteiger partial charge in [-0.1, -0.05) is 0 Å². The van der Waals surface area contributed by atoms with E-state index in [0.717, 1.165) is 17.8 Å². The third-order valence-corrected chi connectivity index (χ3v) is 3.66. The predicted octanol–water partition coefficient (Wildman–Crippen LogP) is 1.48. The third kappa shape index (κ3) is 5.37. The molecule has 0 aliphatic rings. The maximum Gasteiger partial charge on any atom is 0.417 e. The zero-order valence-corrected chi connectivity index (χ0v) is 10.1. The molecule has 0 aliphatic carbocycles. The molecule has 0 amide bonds. The zero-order chi connectivity index (χ0) is 13.1. The largest absolute Gasteiger partial charge is 0.417 e. The van der Waals surface area contributed by atoms with Gasteiger partial charge in [-0.15, -0.1) is 11.8 Å². The molecular formula is C8H9F3N2O2S2. The molecule has 2 N–H and O–H groups in total. The molecule has 0 spiro atoms. The van der Waals surface area contributed by atoms with Crippen LogP contribution in [-0.4, -0.2) is 24.9 Å². The van der Waals surface area contributed by atoms with Crippen molar-refractivity contribution in [2.24, 2.45) is 5.14 Å². The Hall–Kier alpha value is -0.800. The number of pyridine rings is 1. The molecule has 0 atom stereocenters. The number of hydrogen-bond donors (Lipinski definition) is 1. The molecule has 0 aliphatic heterocycles. The van der Waals surface area contributed by atoms with Gasteiger partial charge in [0.05, 0.1) is 16.3 Å². The Morgan fingerprint density at radius 2 is 2.00 bits per heavy atom. The second kappa shape index (κ2) is 5.23. The van der Waals surface area contributed by atoms with Crippen molar-refractivity contribution in [2.75, 3.05) is 11.5 Å². The molecule has 0 saturated carbocycles. The predicted molar refractivity (Wildman–Crippen MR) is 57.9 cm³/mol. The fourth-order valence-electron chi connectivity index (χ4n) is 0.896. The van der Waals surface area contributed by atoms with Crippen molar-refractivity contribution in [3.63, 3.8) is 0 Å². The van der Waals surface area contributed by atoms with Crippen LogP contribution in [0.1, 0.15) is 5.56 Å². The van der Waals surface area contributed by atoms with Crippen molar-refractivity contribution in [3.8, 4) is 0 Å². The standard InChI is InChI=1S/C8H9F3N2O2S2/c9-8(10,11)6-1-2-7(13-5-6)16-3-4-17(12,14)15/h1-2,5H,3-4H2,(H2,12,14,15). The van der Waals surface area contributed by atoms with E-state index in [0.29, 0.717) is 11.2 Å². The average Bonchev–Trinajstić information content (AvgIpc) is 2.15. The number of aromatic nitrogens is 1. The summed E-state index contributed by atoms with van der Waals surface area (Å²) in [5.74, 6) is -0.0996. The first-order chi connectivity index (χ1) is 7.68. The summed E-state index contributed by atoms with van der Waals surface area (Å²) in [6.45, 7) is 0. The highest BCUT2D eigenvalue weighted by molar-refractivity contribution is 8.00. The number of halogens is 3. The first-order valence-corrected chi connectivity index (χ1v) is 7.05. The summed E-state index contributed by atoms with van der Waals surface area (Å²) in [4.78, 5) is 3.57. The lowest BCUT2D eigenvalue weighted by molar-refractivity contribution is -0.137. The summed E-state index contributed by atoms with van der Waals surface area (Å²) in [7, 11) is -3.55. The second-order valence-electron chi connectivity index (χ2n) is 3.10. The highest BCUT2D eigenvalue weighted by Crippen LogP contribution is 2.29. The Balaban J connectivity index is 2.58. The van der Waals surface area contributed by atoms with Gasteiger partial charge in [-0.25, -0.2) is 18.5 Å². The fraction of sp³-hybridized carbons (Fsp3) is 0.375. The summed E-state index contributed by atoms with van der Waals surface area (Å²) in [5.41, 5.74) is -0.840. The second-order valence-corrected chi connectivity index (χ2v) is 5.95. The van der Waals surface area contributed by atoms with Crippen LogP contribution in [0.5, 0.6) is 0 Å². The van der Waals surface area contributed by atoms with Gasteiger partial charge in [0.25, 0.3) is 0 Å². The van der Waals surface area contributed by atoms with Gasteiger partial charge in [0.15, 0.2) is 0 Å². The van der Waals surface area contributed by atoms with E-state index in [1.165, 1.54) is 6.07 Å². The Labute approximate surface area is 100 Å². The minimum Gasteiger partial charge on any atom is -0.249 e. The fourth-order valence-corrected chi connectivity index (χ4v) is 2.66. The lowest BCUT2D eigenvalue weighted by Crippen LogP contribution is -2.17. The molecule has 0 aromatic carbocycles. The molecule has 0 saturated heterocycles. The van der Waals surface area contributed by atoms with Crippen molar-refractivity contribution in [1.29, 1.82) is 0 Å². The Kier molecular flexibility index (Phi) is 4.39. The number of hydrogen-bond acceptors (Lipinski definition) is 4. The third-order valence-electron chi connectivity index (χ3n) is 1.68. The first kappa shape index (κ1) is 14.3. The topological polar surface area (TPSA) is 73.1 Å². The minimum absolute atomic E-state index is 0.150. The number of rotatable bonds is 4. The van der Waals surface area contributed by atoms with Crippen LogP contribution >= 0.6 is 11.8 Å². The van der Waals surface area contributed by atoms with Crippen LogP contribution in [0.3, 0.4) is 0 Å². The molecule has 0 bridgehead atoms. The van der Waals surface area contributed by atoms with Crippen LogP contribution in [0.4, 0.5) is 13.2 Å². The van der Waals surface area contributed by atoms with Gasteiger partial charge in [0.1, 0.15) is 0 Å². The number of alkyl halides is 3. The number of sulfonamides is 1. The molecule has 96 valence electrons. The lowest BCUT2D eigenvalue weighted by atomic mass is 10.3. The summed E-state index contributed by atoms with van der Waals surface area (Å²) in [5, 5.41) is 5.09. The van der Waals surface area contributed by atoms with Gasteiger partial charge in [-0.05, 0) is 12.1 Å². The number of nitrogens with two attached hydrogens (primary N) is 1. The lowest BCUT2D eigenvalue weighted by Gasteiger charge is -2.06. The van der Waals surface area contributed by atoms with Gasteiger partial charge in [-0.3, -0.25) is 0 Å². The Morgan fingerprint density at radius 1 is 1.35 bits per heavy atom. The molecule has 17 heavy (non-hydrogen) atoms. The Morgan fingerprint density at radius 3 is 2.41 bits per heavy atom. The molecule has 1 aromatic rings. The number of primary sulfonamides is 1. The summed E-state index contributed by atoms with van der Waals surface area (Å²) in [6, 6.07) is 2.09. The van der Waals surface area contributed by atoms with Crippen molar-refractivity contribution in [1.82, 2.24) is 4.98 Å².